The molecule has 3 N–H and O–H groups in total. The summed E-state index contributed by atoms with van der Waals surface area (Å²) < 4.78 is 0. The Kier molecular flexibility index (Phi) is 6.49. The molecule has 0 radical (unpaired) electrons. The second-order valence-electron chi connectivity index (χ2n) is 3.90. The van der Waals surface area contributed by atoms with E-state index in [0.717, 1.165) is 6.42 Å². The van der Waals surface area contributed by atoms with Crippen LogP contribution < -0.4 is 11.1 Å². The minimum Gasteiger partial charge on any atom is -0.354 e. The van der Waals surface area contributed by atoms with E-state index in [1.165, 1.54) is 0 Å². The van der Waals surface area contributed by atoms with Gasteiger partial charge in [0.1, 0.15) is 0 Å². The van der Waals surface area contributed by atoms with Crippen molar-refractivity contribution in [1.82, 2.24) is 10.2 Å². The first kappa shape index (κ1) is 13.4. The number of rotatable bonds is 6. The second kappa shape index (κ2) is 6.79. The van der Waals surface area contributed by atoms with Crippen LogP contribution in [0.25, 0.3) is 0 Å². The van der Waals surface area contributed by atoms with Crippen LogP contribution in [0, 0.1) is 5.92 Å². The molecule has 4 nitrogen and oxygen atoms in total. The molecule has 0 aromatic heterocycles. The first-order chi connectivity index (χ1) is 6.52. The largest absolute Gasteiger partial charge is 0.354 e. The molecular formula is C10H23N3O. The second-order valence-corrected chi connectivity index (χ2v) is 3.90. The van der Waals surface area contributed by atoms with Crippen LogP contribution in [0.3, 0.4) is 0 Å². The van der Waals surface area contributed by atoms with Crippen molar-refractivity contribution in [2.24, 2.45) is 11.7 Å². The summed E-state index contributed by atoms with van der Waals surface area (Å²) in [6.07, 6.45) is 0.804. The van der Waals surface area contributed by atoms with Crippen molar-refractivity contribution in [2.75, 3.05) is 27.2 Å². The van der Waals surface area contributed by atoms with Crippen molar-refractivity contribution in [3.05, 3.63) is 0 Å². The first-order valence-electron chi connectivity index (χ1n) is 5.17. The van der Waals surface area contributed by atoms with Crippen molar-refractivity contribution in [3.63, 3.8) is 0 Å². The predicted molar refractivity (Wildman–Crippen MR) is 59.0 cm³/mol. The maximum atomic E-state index is 11.5. The summed E-state index contributed by atoms with van der Waals surface area (Å²) in [7, 11) is 3.99. The molecule has 0 saturated carbocycles. The molecule has 0 fully saturated rings. The molecule has 0 spiro atoms. The topological polar surface area (TPSA) is 58.4 Å². The molecule has 0 bridgehead atoms. The van der Waals surface area contributed by atoms with E-state index in [0.29, 0.717) is 19.1 Å². The summed E-state index contributed by atoms with van der Waals surface area (Å²) in [5, 5.41) is 2.91. The lowest BCUT2D eigenvalue weighted by Crippen LogP contribution is -2.42. The smallest absolute Gasteiger partial charge is 0.224 e. The van der Waals surface area contributed by atoms with Gasteiger partial charge in [-0.25, -0.2) is 0 Å². The normalized spacial score (nSPS) is 15.3. The predicted octanol–water partition coefficient (Wildman–Crippen LogP) is 0.0376. The van der Waals surface area contributed by atoms with Crippen LogP contribution in [0.5, 0.6) is 0 Å². The van der Waals surface area contributed by atoms with Gasteiger partial charge in [-0.05, 0) is 27.4 Å². The average Bonchev–Trinajstić information content (AvgIpc) is 2.15. The fourth-order valence-electron chi connectivity index (χ4n) is 1.03. The maximum absolute atomic E-state index is 11.5. The summed E-state index contributed by atoms with van der Waals surface area (Å²) >= 11 is 0. The summed E-state index contributed by atoms with van der Waals surface area (Å²) in [6, 6.07) is 0.356. The molecule has 0 rings (SSSR count). The Morgan fingerprint density at radius 1 is 1.50 bits per heavy atom. The SMILES string of the molecule is CCC(CN)C(=O)NCC(C)N(C)C. The van der Waals surface area contributed by atoms with Crippen LogP contribution >= 0.6 is 0 Å². The Bertz CT molecular complexity index is 167. The number of hydrogen-bond acceptors (Lipinski definition) is 3. The van der Waals surface area contributed by atoms with E-state index in [1.54, 1.807) is 0 Å². The lowest BCUT2D eigenvalue weighted by Gasteiger charge is -2.21. The first-order valence-corrected chi connectivity index (χ1v) is 5.17. The number of amides is 1. The Balaban J connectivity index is 3.83. The van der Waals surface area contributed by atoms with Crippen molar-refractivity contribution in [3.8, 4) is 0 Å². The van der Waals surface area contributed by atoms with E-state index >= 15 is 0 Å². The van der Waals surface area contributed by atoms with Gasteiger partial charge in [-0.15, -0.1) is 0 Å². The van der Waals surface area contributed by atoms with Gasteiger partial charge in [0.15, 0.2) is 0 Å². The highest BCUT2D eigenvalue weighted by atomic mass is 16.1. The molecular weight excluding hydrogens is 178 g/mol. The van der Waals surface area contributed by atoms with Gasteiger partial charge in [0.05, 0.1) is 0 Å². The molecule has 0 aromatic carbocycles. The maximum Gasteiger partial charge on any atom is 0.224 e. The zero-order chi connectivity index (χ0) is 11.1. The number of carbonyl (C=O) groups excluding carboxylic acids is 1. The zero-order valence-corrected chi connectivity index (χ0v) is 9.71. The number of hydrogen-bond donors (Lipinski definition) is 2. The molecule has 1 amide bonds. The van der Waals surface area contributed by atoms with Crippen molar-refractivity contribution < 1.29 is 4.79 Å². The molecule has 0 saturated heterocycles. The van der Waals surface area contributed by atoms with Gasteiger partial charge in [-0.2, -0.15) is 0 Å². The Hall–Kier alpha value is -0.610. The van der Waals surface area contributed by atoms with E-state index in [4.69, 9.17) is 5.73 Å². The highest BCUT2D eigenvalue weighted by molar-refractivity contribution is 5.78. The van der Waals surface area contributed by atoms with E-state index in [9.17, 15) is 4.79 Å². The molecule has 0 aliphatic heterocycles. The van der Waals surface area contributed by atoms with E-state index in [-0.39, 0.29) is 11.8 Å². The van der Waals surface area contributed by atoms with E-state index in [1.807, 2.05) is 21.0 Å². The lowest BCUT2D eigenvalue weighted by molar-refractivity contribution is -0.124. The Morgan fingerprint density at radius 3 is 2.43 bits per heavy atom. The Labute approximate surface area is 86.8 Å². The monoisotopic (exact) mass is 201 g/mol. The number of nitrogens with one attached hydrogen (secondary N) is 1. The molecule has 0 heterocycles. The third-order valence-electron chi connectivity index (χ3n) is 2.60. The lowest BCUT2D eigenvalue weighted by atomic mass is 10.1. The Morgan fingerprint density at radius 2 is 2.07 bits per heavy atom. The molecule has 0 aliphatic rings. The fraction of sp³-hybridized carbons (Fsp3) is 0.900. The molecule has 2 atom stereocenters. The van der Waals surface area contributed by atoms with Crippen LogP contribution in [0.1, 0.15) is 20.3 Å². The van der Waals surface area contributed by atoms with Gasteiger partial charge in [-0.1, -0.05) is 6.92 Å². The molecule has 4 heteroatoms. The summed E-state index contributed by atoms with van der Waals surface area (Å²) in [5.41, 5.74) is 5.48. The van der Waals surface area contributed by atoms with Crippen molar-refractivity contribution >= 4 is 5.91 Å². The van der Waals surface area contributed by atoms with Crippen LogP contribution in [0.2, 0.25) is 0 Å². The van der Waals surface area contributed by atoms with Gasteiger partial charge in [0, 0.05) is 25.0 Å². The molecule has 84 valence electrons. The minimum atomic E-state index is -0.0376. The number of nitrogens with zero attached hydrogens (tertiary/aromatic N) is 1. The summed E-state index contributed by atoms with van der Waals surface area (Å²) in [5.74, 6) is 0.0352. The number of nitrogens with two attached hydrogens (primary N) is 1. The molecule has 14 heavy (non-hydrogen) atoms. The highest BCUT2D eigenvalue weighted by Gasteiger charge is 2.15. The number of likely N-dealkylation sites (N-methyl/N-ethyl adjacent to an activating group) is 1. The third kappa shape index (κ3) is 4.58. The zero-order valence-electron chi connectivity index (χ0n) is 9.71. The molecule has 0 aromatic rings. The minimum absolute atomic E-state index is 0.0376. The van der Waals surface area contributed by atoms with Gasteiger partial charge >= 0.3 is 0 Å². The number of carbonyl (C=O) groups is 1. The quantitative estimate of drug-likeness (QED) is 0.638. The molecule has 0 aliphatic carbocycles. The van der Waals surface area contributed by atoms with Crippen molar-refractivity contribution in [1.29, 1.82) is 0 Å². The van der Waals surface area contributed by atoms with Crippen molar-refractivity contribution in [2.45, 2.75) is 26.3 Å². The summed E-state index contributed by atoms with van der Waals surface area (Å²) in [4.78, 5) is 13.6. The standard InChI is InChI=1S/C10H23N3O/c1-5-9(6-11)10(14)12-7-8(2)13(3)4/h8-9H,5-7,11H2,1-4H3,(H,12,14). The highest BCUT2D eigenvalue weighted by Crippen LogP contribution is 1.99. The van der Waals surface area contributed by atoms with Gasteiger partial charge < -0.3 is 16.0 Å². The van der Waals surface area contributed by atoms with Crippen LogP contribution in [0.15, 0.2) is 0 Å². The van der Waals surface area contributed by atoms with Crippen LogP contribution in [-0.4, -0.2) is 44.0 Å². The molecule has 2 unspecified atom stereocenters. The van der Waals surface area contributed by atoms with Gasteiger partial charge in [0.2, 0.25) is 5.91 Å². The van der Waals surface area contributed by atoms with Gasteiger partial charge in [0.25, 0.3) is 0 Å². The fourth-order valence-corrected chi connectivity index (χ4v) is 1.03. The third-order valence-corrected chi connectivity index (χ3v) is 2.60. The average molecular weight is 201 g/mol. The van der Waals surface area contributed by atoms with Gasteiger partial charge in [-0.3, -0.25) is 4.79 Å². The van der Waals surface area contributed by atoms with Crippen LogP contribution in [-0.2, 0) is 4.79 Å². The van der Waals surface area contributed by atoms with E-state index in [2.05, 4.69) is 17.1 Å². The van der Waals surface area contributed by atoms with E-state index < -0.39 is 0 Å². The summed E-state index contributed by atoms with van der Waals surface area (Å²) in [6.45, 7) is 5.16. The van der Waals surface area contributed by atoms with Crippen LogP contribution in [0.4, 0.5) is 0 Å².